The highest BCUT2D eigenvalue weighted by atomic mass is 32.2. The van der Waals surface area contributed by atoms with Crippen molar-refractivity contribution in [2.24, 2.45) is 7.05 Å². The molecule has 25 heavy (non-hydrogen) atoms. The first-order valence-electron chi connectivity index (χ1n) is 6.95. The molecule has 1 aromatic carbocycles. The van der Waals surface area contributed by atoms with Crippen molar-refractivity contribution in [1.29, 1.82) is 0 Å². The van der Waals surface area contributed by atoms with Crippen molar-refractivity contribution in [3.63, 3.8) is 0 Å². The topological polar surface area (TPSA) is 116 Å². The molecule has 0 unspecified atom stereocenters. The second kappa shape index (κ2) is 6.81. The van der Waals surface area contributed by atoms with Crippen LogP contribution in [-0.4, -0.2) is 36.3 Å². The number of benzene rings is 1. The Kier molecular flexibility index (Phi) is 4.57. The van der Waals surface area contributed by atoms with Gasteiger partial charge in [-0.05, 0) is 12.1 Å². The van der Waals surface area contributed by atoms with Crippen LogP contribution < -0.4 is 5.32 Å². The van der Waals surface area contributed by atoms with E-state index in [-0.39, 0.29) is 11.4 Å². The lowest BCUT2D eigenvalue weighted by atomic mass is 10.2. The molecule has 1 amide bonds. The molecule has 0 saturated carbocycles. The Morgan fingerprint density at radius 2 is 2.24 bits per heavy atom. The fourth-order valence-electron chi connectivity index (χ4n) is 2.12. The molecular formula is C14H11FN6O3S. The van der Waals surface area contributed by atoms with Gasteiger partial charge in [0.1, 0.15) is 11.4 Å². The first kappa shape index (κ1) is 16.8. The molecule has 1 N–H and O–H groups in total. The van der Waals surface area contributed by atoms with Crippen molar-refractivity contribution >= 4 is 40.1 Å². The minimum absolute atomic E-state index is 0.0200. The van der Waals surface area contributed by atoms with Crippen molar-refractivity contribution in [3.05, 3.63) is 46.7 Å². The number of thioether (sulfide) groups is 1. The van der Waals surface area contributed by atoms with Gasteiger partial charge in [0.25, 0.3) is 0 Å². The lowest BCUT2D eigenvalue weighted by Crippen LogP contribution is -2.14. The molecule has 2 aromatic heterocycles. The SMILES string of the molecule is Cn1ncc2c(SCC(=O)Nc3ccc(F)c([N+](=O)[O-])c3)ncnc21. The Morgan fingerprint density at radius 1 is 1.44 bits per heavy atom. The minimum atomic E-state index is -0.961. The van der Waals surface area contributed by atoms with Crippen LogP contribution in [0.2, 0.25) is 0 Å². The summed E-state index contributed by atoms with van der Waals surface area (Å²) in [6.07, 6.45) is 2.99. The van der Waals surface area contributed by atoms with E-state index < -0.39 is 22.3 Å². The maximum Gasteiger partial charge on any atom is 0.306 e. The van der Waals surface area contributed by atoms with Gasteiger partial charge in [0.2, 0.25) is 11.7 Å². The van der Waals surface area contributed by atoms with Gasteiger partial charge in [-0.1, -0.05) is 11.8 Å². The standard InChI is InChI=1S/C14H11FN6O3S/c1-20-13-9(5-18-20)14(17-7-16-13)25-6-12(22)19-8-2-3-10(15)11(4-8)21(23)24/h2-5,7H,6H2,1H3,(H,19,22). The summed E-state index contributed by atoms with van der Waals surface area (Å²) < 4.78 is 14.9. The van der Waals surface area contributed by atoms with Crippen LogP contribution in [0.5, 0.6) is 0 Å². The predicted octanol–water partition coefficient (Wildman–Crippen LogP) is 2.14. The molecule has 0 spiro atoms. The molecule has 0 fully saturated rings. The number of nitrogens with one attached hydrogen (secondary N) is 1. The molecule has 0 bridgehead atoms. The Balaban J connectivity index is 1.69. The summed E-state index contributed by atoms with van der Waals surface area (Å²) >= 11 is 1.18. The Labute approximate surface area is 144 Å². The summed E-state index contributed by atoms with van der Waals surface area (Å²) in [7, 11) is 1.75. The van der Waals surface area contributed by atoms with E-state index in [2.05, 4.69) is 20.4 Å². The molecule has 3 aromatic rings. The number of hydrogen-bond donors (Lipinski definition) is 1. The molecule has 2 heterocycles. The molecule has 0 radical (unpaired) electrons. The van der Waals surface area contributed by atoms with E-state index in [1.54, 1.807) is 17.9 Å². The van der Waals surface area contributed by atoms with E-state index in [0.717, 1.165) is 17.5 Å². The van der Waals surface area contributed by atoms with Crippen LogP contribution in [0.15, 0.2) is 35.7 Å². The predicted molar refractivity (Wildman–Crippen MR) is 88.7 cm³/mol. The molecule has 9 nitrogen and oxygen atoms in total. The second-order valence-corrected chi connectivity index (χ2v) is 5.91. The van der Waals surface area contributed by atoms with E-state index in [0.29, 0.717) is 10.7 Å². The molecular weight excluding hydrogens is 351 g/mol. The van der Waals surface area contributed by atoms with Gasteiger partial charge in [-0.25, -0.2) is 9.97 Å². The molecule has 0 aliphatic rings. The largest absolute Gasteiger partial charge is 0.325 e. The summed E-state index contributed by atoms with van der Waals surface area (Å²) in [5.74, 6) is -1.34. The zero-order chi connectivity index (χ0) is 18.0. The zero-order valence-electron chi connectivity index (χ0n) is 12.8. The number of nitrogens with zero attached hydrogens (tertiary/aromatic N) is 5. The van der Waals surface area contributed by atoms with Crippen LogP contribution >= 0.6 is 11.8 Å². The third-order valence-corrected chi connectivity index (χ3v) is 4.26. The number of nitro groups is 1. The van der Waals surface area contributed by atoms with Crippen molar-refractivity contribution in [2.75, 3.05) is 11.1 Å². The lowest BCUT2D eigenvalue weighted by molar-refractivity contribution is -0.387. The molecule has 128 valence electrons. The average Bonchev–Trinajstić information content (AvgIpc) is 2.96. The van der Waals surface area contributed by atoms with Crippen LogP contribution in [-0.2, 0) is 11.8 Å². The molecule has 0 saturated heterocycles. The zero-order valence-corrected chi connectivity index (χ0v) is 13.7. The summed E-state index contributed by atoms with van der Waals surface area (Å²) in [6.45, 7) is 0. The maximum absolute atomic E-state index is 13.3. The maximum atomic E-state index is 13.3. The Bertz CT molecular complexity index is 976. The third-order valence-electron chi connectivity index (χ3n) is 3.26. The summed E-state index contributed by atoms with van der Waals surface area (Å²) in [6, 6.07) is 3.17. The molecule has 11 heteroatoms. The van der Waals surface area contributed by atoms with Gasteiger partial charge < -0.3 is 5.32 Å². The Hall–Kier alpha value is -3.08. The van der Waals surface area contributed by atoms with Crippen LogP contribution in [0.3, 0.4) is 0 Å². The van der Waals surface area contributed by atoms with Gasteiger partial charge in [0.05, 0.1) is 22.3 Å². The van der Waals surface area contributed by atoms with Gasteiger partial charge in [0, 0.05) is 18.8 Å². The number of halogens is 1. The number of anilines is 1. The molecule has 0 atom stereocenters. The van der Waals surface area contributed by atoms with Gasteiger partial charge in [-0.3, -0.25) is 19.6 Å². The van der Waals surface area contributed by atoms with Gasteiger partial charge in [-0.15, -0.1) is 0 Å². The fourth-order valence-corrected chi connectivity index (χ4v) is 2.88. The van der Waals surface area contributed by atoms with Gasteiger partial charge in [-0.2, -0.15) is 9.49 Å². The van der Waals surface area contributed by atoms with E-state index >= 15 is 0 Å². The molecule has 0 aliphatic heterocycles. The quantitative estimate of drug-likeness (QED) is 0.320. The normalized spacial score (nSPS) is 10.8. The van der Waals surface area contributed by atoms with Crippen molar-refractivity contribution in [3.8, 4) is 0 Å². The first-order chi connectivity index (χ1) is 12.0. The smallest absolute Gasteiger partial charge is 0.306 e. The number of amides is 1. The first-order valence-corrected chi connectivity index (χ1v) is 7.93. The third kappa shape index (κ3) is 3.55. The van der Waals surface area contributed by atoms with Crippen molar-refractivity contribution < 1.29 is 14.1 Å². The van der Waals surface area contributed by atoms with E-state index in [4.69, 9.17) is 0 Å². The number of rotatable bonds is 5. The van der Waals surface area contributed by atoms with E-state index in [9.17, 15) is 19.3 Å². The van der Waals surface area contributed by atoms with Crippen LogP contribution in [0.25, 0.3) is 11.0 Å². The number of fused-ring (bicyclic) bond motifs is 1. The van der Waals surface area contributed by atoms with E-state index in [1.165, 1.54) is 24.2 Å². The minimum Gasteiger partial charge on any atom is -0.325 e. The highest BCUT2D eigenvalue weighted by Gasteiger charge is 2.16. The summed E-state index contributed by atoms with van der Waals surface area (Å²) in [5.41, 5.74) is 0.0956. The average molecular weight is 362 g/mol. The van der Waals surface area contributed by atoms with Crippen LogP contribution in [0, 0.1) is 15.9 Å². The van der Waals surface area contributed by atoms with Crippen LogP contribution in [0.1, 0.15) is 0 Å². The number of aromatic nitrogens is 4. The molecule has 0 aliphatic carbocycles. The number of aryl methyl sites for hydroxylation is 1. The molecule has 3 rings (SSSR count). The Morgan fingerprint density at radius 3 is 3.00 bits per heavy atom. The summed E-state index contributed by atoms with van der Waals surface area (Å²) in [4.78, 5) is 30.1. The highest BCUT2D eigenvalue weighted by Crippen LogP contribution is 2.25. The highest BCUT2D eigenvalue weighted by molar-refractivity contribution is 8.00. The van der Waals surface area contributed by atoms with Crippen molar-refractivity contribution in [1.82, 2.24) is 19.7 Å². The number of carbonyl (C=O) groups is 1. The van der Waals surface area contributed by atoms with Gasteiger partial charge in [0.15, 0.2) is 5.65 Å². The monoisotopic (exact) mass is 362 g/mol. The van der Waals surface area contributed by atoms with Crippen molar-refractivity contribution in [2.45, 2.75) is 5.03 Å². The van der Waals surface area contributed by atoms with E-state index in [1.807, 2.05) is 0 Å². The number of hydrogen-bond acceptors (Lipinski definition) is 7. The number of carbonyl (C=O) groups excluding carboxylic acids is 1. The lowest BCUT2D eigenvalue weighted by Gasteiger charge is -2.05. The van der Waals surface area contributed by atoms with Gasteiger partial charge >= 0.3 is 5.69 Å². The number of nitro benzene ring substituents is 1. The fraction of sp³-hybridized carbons (Fsp3) is 0.143. The second-order valence-electron chi connectivity index (χ2n) is 4.94. The van der Waals surface area contributed by atoms with Crippen LogP contribution in [0.4, 0.5) is 15.8 Å². The summed E-state index contributed by atoms with van der Waals surface area (Å²) in [5, 5.41) is 18.6.